The molecule has 0 saturated carbocycles. The van der Waals surface area contributed by atoms with Gasteiger partial charge < -0.3 is 0 Å². The van der Waals surface area contributed by atoms with E-state index in [1.165, 1.54) is 5.56 Å². The van der Waals surface area contributed by atoms with Gasteiger partial charge in [-0.25, -0.2) is 8.42 Å². The second-order valence-electron chi connectivity index (χ2n) is 6.26. The van der Waals surface area contributed by atoms with Gasteiger partial charge in [0.1, 0.15) is 0 Å². The van der Waals surface area contributed by atoms with E-state index < -0.39 is 10.0 Å². The second kappa shape index (κ2) is 6.72. The van der Waals surface area contributed by atoms with Crippen molar-refractivity contribution in [3.63, 3.8) is 0 Å². The zero-order chi connectivity index (χ0) is 18.0. The summed E-state index contributed by atoms with van der Waals surface area (Å²) in [5.74, 6) is 0.313. The van der Waals surface area contributed by atoms with Gasteiger partial charge in [0.05, 0.1) is 11.4 Å². The van der Waals surface area contributed by atoms with Gasteiger partial charge in [0.25, 0.3) is 10.0 Å². The van der Waals surface area contributed by atoms with E-state index >= 15 is 0 Å². The minimum absolute atomic E-state index is 0.278. The fourth-order valence-corrected chi connectivity index (χ4v) is 4.02. The van der Waals surface area contributed by atoms with Gasteiger partial charge in [0.15, 0.2) is 5.82 Å². The highest BCUT2D eigenvalue weighted by atomic mass is 32.2. The summed E-state index contributed by atoms with van der Waals surface area (Å²) >= 11 is 0. The van der Waals surface area contributed by atoms with Gasteiger partial charge in [-0.1, -0.05) is 42.0 Å². The first-order chi connectivity index (χ1) is 11.8. The zero-order valence-electron chi connectivity index (χ0n) is 14.5. The van der Waals surface area contributed by atoms with Crippen LogP contribution in [0.5, 0.6) is 0 Å². The molecule has 0 unspecified atom stereocenters. The normalized spacial score (nSPS) is 11.5. The van der Waals surface area contributed by atoms with Crippen LogP contribution in [0.1, 0.15) is 22.3 Å². The molecule has 25 heavy (non-hydrogen) atoms. The largest absolute Gasteiger partial charge is 0.266 e. The summed E-state index contributed by atoms with van der Waals surface area (Å²) in [4.78, 5) is 0.278. The van der Waals surface area contributed by atoms with Gasteiger partial charge in [-0.15, -0.1) is 0 Å². The molecular formula is C19H21N3O2S. The van der Waals surface area contributed by atoms with E-state index in [4.69, 9.17) is 0 Å². The Morgan fingerprint density at radius 1 is 1.00 bits per heavy atom. The van der Waals surface area contributed by atoms with Crippen LogP contribution in [-0.2, 0) is 16.6 Å². The van der Waals surface area contributed by atoms with E-state index in [1.54, 1.807) is 36.0 Å². The quantitative estimate of drug-likeness (QED) is 0.760. The molecule has 0 spiro atoms. The molecule has 130 valence electrons. The Kier molecular flexibility index (Phi) is 4.63. The summed E-state index contributed by atoms with van der Waals surface area (Å²) in [6, 6.07) is 15.2. The van der Waals surface area contributed by atoms with Gasteiger partial charge in [-0.2, -0.15) is 5.10 Å². The molecule has 1 heterocycles. The van der Waals surface area contributed by atoms with Gasteiger partial charge >= 0.3 is 0 Å². The Morgan fingerprint density at radius 2 is 1.76 bits per heavy atom. The first kappa shape index (κ1) is 17.2. The van der Waals surface area contributed by atoms with Crippen LogP contribution in [0.3, 0.4) is 0 Å². The Balaban J connectivity index is 1.80. The second-order valence-corrected chi connectivity index (χ2v) is 7.91. The molecule has 3 aromatic rings. The molecule has 5 nitrogen and oxygen atoms in total. The first-order valence-electron chi connectivity index (χ1n) is 8.02. The fraction of sp³-hybridized carbons (Fsp3) is 0.211. The molecular weight excluding hydrogens is 334 g/mol. The van der Waals surface area contributed by atoms with Crippen LogP contribution in [0.2, 0.25) is 0 Å². The molecule has 1 N–H and O–H groups in total. The fourth-order valence-electron chi connectivity index (χ4n) is 2.69. The Bertz CT molecular complexity index is 1010. The van der Waals surface area contributed by atoms with E-state index in [0.29, 0.717) is 17.9 Å². The van der Waals surface area contributed by atoms with Crippen molar-refractivity contribution in [2.45, 2.75) is 32.2 Å². The van der Waals surface area contributed by atoms with Crippen LogP contribution in [0.25, 0.3) is 0 Å². The van der Waals surface area contributed by atoms with E-state index in [1.807, 2.05) is 38.1 Å². The van der Waals surface area contributed by atoms with Gasteiger partial charge in [0.2, 0.25) is 0 Å². The Labute approximate surface area is 148 Å². The monoisotopic (exact) mass is 355 g/mol. The number of aromatic nitrogens is 2. The van der Waals surface area contributed by atoms with Crippen LogP contribution in [-0.4, -0.2) is 18.2 Å². The summed E-state index contributed by atoms with van der Waals surface area (Å²) in [5.41, 5.74) is 3.90. The van der Waals surface area contributed by atoms with Crippen LogP contribution in [0.4, 0.5) is 5.82 Å². The van der Waals surface area contributed by atoms with Crippen molar-refractivity contribution in [1.82, 2.24) is 9.78 Å². The standard InChI is InChI=1S/C19H21N3O2S/c1-14-5-4-6-17(11-14)13-22-10-9-19(20-22)21-25(23,24)18-12-15(2)7-8-16(18)3/h4-12H,13H2,1-3H3,(H,20,21). The van der Waals surface area contributed by atoms with Gasteiger partial charge in [0, 0.05) is 12.3 Å². The minimum Gasteiger partial charge on any atom is -0.266 e. The predicted octanol–water partition coefficient (Wildman–Crippen LogP) is 3.66. The maximum Gasteiger partial charge on any atom is 0.263 e. The van der Waals surface area contributed by atoms with E-state index in [9.17, 15) is 8.42 Å². The third-order valence-corrected chi connectivity index (χ3v) is 5.44. The van der Waals surface area contributed by atoms with E-state index in [-0.39, 0.29) is 4.90 Å². The van der Waals surface area contributed by atoms with Crippen molar-refractivity contribution in [3.05, 3.63) is 77.0 Å². The lowest BCUT2D eigenvalue weighted by molar-refractivity contribution is 0.600. The predicted molar refractivity (Wildman–Crippen MR) is 99.2 cm³/mol. The number of nitrogens with one attached hydrogen (secondary N) is 1. The van der Waals surface area contributed by atoms with Gasteiger partial charge in [-0.3, -0.25) is 9.40 Å². The number of benzene rings is 2. The average Bonchev–Trinajstić information content (AvgIpc) is 2.96. The number of aryl methyl sites for hydroxylation is 3. The number of nitrogens with zero attached hydrogens (tertiary/aromatic N) is 2. The molecule has 0 aliphatic carbocycles. The average molecular weight is 355 g/mol. The van der Waals surface area contributed by atoms with Crippen molar-refractivity contribution in [3.8, 4) is 0 Å². The lowest BCUT2D eigenvalue weighted by Gasteiger charge is -2.09. The molecule has 2 aromatic carbocycles. The Morgan fingerprint density at radius 3 is 2.52 bits per heavy atom. The van der Waals surface area contributed by atoms with Crippen molar-refractivity contribution >= 4 is 15.8 Å². The SMILES string of the molecule is Cc1cccc(Cn2ccc(NS(=O)(=O)c3cc(C)ccc3C)n2)c1. The highest BCUT2D eigenvalue weighted by molar-refractivity contribution is 7.92. The highest BCUT2D eigenvalue weighted by Crippen LogP contribution is 2.20. The molecule has 0 saturated heterocycles. The minimum atomic E-state index is -3.66. The lowest BCUT2D eigenvalue weighted by Crippen LogP contribution is -2.15. The third-order valence-electron chi connectivity index (χ3n) is 3.94. The zero-order valence-corrected chi connectivity index (χ0v) is 15.3. The number of hydrogen-bond acceptors (Lipinski definition) is 3. The molecule has 1 aromatic heterocycles. The summed E-state index contributed by atoms with van der Waals surface area (Å²) in [7, 11) is -3.66. The summed E-state index contributed by atoms with van der Waals surface area (Å²) in [5, 5.41) is 4.32. The van der Waals surface area contributed by atoms with Crippen LogP contribution in [0, 0.1) is 20.8 Å². The first-order valence-corrected chi connectivity index (χ1v) is 9.51. The van der Waals surface area contributed by atoms with Crippen LogP contribution >= 0.6 is 0 Å². The molecule has 3 rings (SSSR count). The molecule has 6 heteroatoms. The maximum absolute atomic E-state index is 12.6. The highest BCUT2D eigenvalue weighted by Gasteiger charge is 2.18. The van der Waals surface area contributed by atoms with Gasteiger partial charge in [-0.05, 0) is 43.5 Å². The number of hydrogen-bond donors (Lipinski definition) is 1. The molecule has 0 radical (unpaired) electrons. The smallest absolute Gasteiger partial charge is 0.263 e. The van der Waals surface area contributed by atoms with Crippen molar-refractivity contribution in [2.75, 3.05) is 4.72 Å². The van der Waals surface area contributed by atoms with Crippen molar-refractivity contribution < 1.29 is 8.42 Å². The topological polar surface area (TPSA) is 64.0 Å². The molecule has 0 aliphatic heterocycles. The number of sulfonamides is 1. The lowest BCUT2D eigenvalue weighted by atomic mass is 10.1. The van der Waals surface area contributed by atoms with Crippen LogP contribution < -0.4 is 4.72 Å². The molecule has 0 aliphatic rings. The van der Waals surface area contributed by atoms with Crippen molar-refractivity contribution in [1.29, 1.82) is 0 Å². The van der Waals surface area contributed by atoms with Crippen LogP contribution in [0.15, 0.2) is 59.6 Å². The number of rotatable bonds is 5. The molecule has 0 amide bonds. The molecule has 0 bridgehead atoms. The summed E-state index contributed by atoms with van der Waals surface area (Å²) in [6.45, 7) is 6.28. The summed E-state index contributed by atoms with van der Waals surface area (Å²) in [6.07, 6.45) is 1.77. The van der Waals surface area contributed by atoms with E-state index in [0.717, 1.165) is 11.1 Å². The third kappa shape index (κ3) is 4.09. The van der Waals surface area contributed by atoms with E-state index in [2.05, 4.69) is 15.9 Å². The summed E-state index contributed by atoms with van der Waals surface area (Å²) < 4.78 is 29.5. The maximum atomic E-state index is 12.6. The number of anilines is 1. The molecule has 0 atom stereocenters. The van der Waals surface area contributed by atoms with Crippen molar-refractivity contribution in [2.24, 2.45) is 0 Å². The Hall–Kier alpha value is -2.60. The molecule has 0 fully saturated rings.